The third-order valence-electron chi connectivity index (χ3n) is 5.60. The number of fused-ring (bicyclic) bond motifs is 3. The van der Waals surface area contributed by atoms with Gasteiger partial charge in [-0.1, -0.05) is 66.8 Å². The molecular weight excluding hydrogens is 625 g/mol. The first-order chi connectivity index (χ1) is 18.5. The SMILES string of the molecule is C1=c2sc3ccccc3c2=CC[CH-]1.[2H]c1cnc([2H])c([2H])c1[2H].[Ir].[c-]1cc(C2CC2)ccc1-c1ccccn1. The molecule has 0 unspecified atom stereocenters. The van der Waals surface area contributed by atoms with Gasteiger partial charge >= 0.3 is 0 Å². The molecule has 0 N–H and O–H groups in total. The maximum atomic E-state index is 7.05. The molecule has 0 spiro atoms. The molecule has 3 aromatic heterocycles. The molecule has 0 bridgehead atoms. The van der Waals surface area contributed by atoms with E-state index in [1.54, 1.807) is 0 Å². The fourth-order valence-corrected chi connectivity index (χ4v) is 4.90. The Kier molecular flexibility index (Phi) is 7.27. The number of benzene rings is 2. The second kappa shape index (κ2) is 12.6. The van der Waals surface area contributed by atoms with E-state index in [1.165, 1.54) is 38.2 Å². The van der Waals surface area contributed by atoms with Crippen LogP contribution in [0.4, 0.5) is 0 Å². The van der Waals surface area contributed by atoms with Crippen molar-refractivity contribution in [3.8, 4) is 11.3 Å². The summed E-state index contributed by atoms with van der Waals surface area (Å²) in [7, 11) is 0. The summed E-state index contributed by atoms with van der Waals surface area (Å²) in [5.41, 5.74) is 3.51. The first-order valence-electron chi connectivity index (χ1n) is 13.3. The Morgan fingerprint density at radius 3 is 2.63 bits per heavy atom. The van der Waals surface area contributed by atoms with Crippen molar-refractivity contribution >= 4 is 33.6 Å². The smallest absolute Gasteiger partial charge is 0.0840 e. The largest absolute Gasteiger partial charge is 0.305 e. The van der Waals surface area contributed by atoms with Gasteiger partial charge < -0.3 is 4.98 Å². The number of pyridine rings is 2. The molecule has 177 valence electrons. The van der Waals surface area contributed by atoms with Crippen molar-refractivity contribution in [2.45, 2.75) is 25.2 Å². The average molecular weight is 655 g/mol. The second-order valence-electron chi connectivity index (χ2n) is 8.01. The number of hydrogen-bond donors (Lipinski definition) is 0. The summed E-state index contributed by atoms with van der Waals surface area (Å²) >= 11 is 1.88. The number of hydrogen-bond acceptors (Lipinski definition) is 3. The van der Waals surface area contributed by atoms with E-state index in [2.05, 4.69) is 77.1 Å². The van der Waals surface area contributed by atoms with E-state index in [0.717, 1.165) is 29.8 Å². The van der Waals surface area contributed by atoms with Crippen molar-refractivity contribution in [3.05, 3.63) is 125 Å². The maximum absolute atomic E-state index is 7.05. The van der Waals surface area contributed by atoms with Gasteiger partial charge in [-0.25, -0.2) is 23.8 Å². The van der Waals surface area contributed by atoms with Crippen LogP contribution in [-0.4, -0.2) is 9.97 Å². The topological polar surface area (TPSA) is 25.8 Å². The Morgan fingerprint density at radius 1 is 0.971 bits per heavy atom. The zero-order chi connectivity index (χ0) is 26.5. The van der Waals surface area contributed by atoms with Crippen LogP contribution in [0.5, 0.6) is 0 Å². The van der Waals surface area contributed by atoms with E-state index in [-0.39, 0.29) is 44.4 Å². The summed E-state index contributed by atoms with van der Waals surface area (Å²) in [5, 5.41) is 2.84. The van der Waals surface area contributed by atoms with Crippen LogP contribution in [0.1, 0.15) is 36.2 Å². The monoisotopic (exact) mass is 655 g/mol. The minimum atomic E-state index is -0.285. The minimum Gasteiger partial charge on any atom is -0.305 e. The Bertz CT molecular complexity index is 1640. The molecular formula is C31H26IrN2S-2. The zero-order valence-corrected chi connectivity index (χ0v) is 22.2. The molecule has 2 nitrogen and oxygen atoms in total. The van der Waals surface area contributed by atoms with E-state index >= 15 is 0 Å². The van der Waals surface area contributed by atoms with Gasteiger partial charge in [0.2, 0.25) is 0 Å². The molecule has 0 saturated heterocycles. The molecule has 1 fully saturated rings. The molecule has 2 aliphatic rings. The van der Waals surface area contributed by atoms with Crippen molar-refractivity contribution < 1.29 is 25.6 Å². The molecule has 0 aliphatic heterocycles. The van der Waals surface area contributed by atoms with Crippen molar-refractivity contribution in [1.82, 2.24) is 9.97 Å². The molecule has 4 heteroatoms. The molecule has 0 amide bonds. The van der Waals surface area contributed by atoms with Crippen LogP contribution >= 0.6 is 11.3 Å². The van der Waals surface area contributed by atoms with Gasteiger partial charge in [0.15, 0.2) is 0 Å². The van der Waals surface area contributed by atoms with E-state index in [9.17, 15) is 0 Å². The van der Waals surface area contributed by atoms with Crippen LogP contribution in [-0.2, 0) is 20.1 Å². The van der Waals surface area contributed by atoms with Gasteiger partial charge in [-0.2, -0.15) is 0 Å². The minimum absolute atomic E-state index is 0. The molecule has 3 heterocycles. The Morgan fingerprint density at radius 2 is 1.86 bits per heavy atom. The van der Waals surface area contributed by atoms with Crippen molar-refractivity contribution in [2.24, 2.45) is 0 Å². The molecule has 35 heavy (non-hydrogen) atoms. The van der Waals surface area contributed by atoms with Gasteiger partial charge in [-0.15, -0.1) is 46.0 Å². The molecule has 0 atom stereocenters. The second-order valence-corrected chi connectivity index (χ2v) is 9.09. The van der Waals surface area contributed by atoms with Crippen LogP contribution in [0.2, 0.25) is 0 Å². The molecule has 2 aromatic carbocycles. The average Bonchev–Trinajstić information content (AvgIpc) is 3.76. The number of nitrogens with zero attached hydrogens (tertiary/aromatic N) is 2. The summed E-state index contributed by atoms with van der Waals surface area (Å²) < 4.78 is 30.8. The summed E-state index contributed by atoms with van der Waals surface area (Å²) in [6, 6.07) is 23.7. The van der Waals surface area contributed by atoms with Gasteiger partial charge in [0.1, 0.15) is 0 Å². The predicted molar refractivity (Wildman–Crippen MR) is 144 cm³/mol. The van der Waals surface area contributed by atoms with Gasteiger partial charge in [0, 0.05) is 43.4 Å². The molecule has 2 aliphatic carbocycles. The standard InChI is InChI=1S/C14H12N.C12H9S.C5H5N.Ir/c1-2-10-15-14(3-1)13-8-6-12(7-9-13)11-4-5-11;1-3-7-11-9(5-1)10-6-2-4-8-12(10)13-11;1-2-4-6-5-3-1;/h1-3,6-8,10-11H,4-5H2;1,3-8H,2H2;1-5H;/q2*-1;;/i;;1D,2D,3D,4D;. The van der Waals surface area contributed by atoms with Crippen LogP contribution < -0.4 is 9.75 Å². The maximum Gasteiger partial charge on any atom is 0.0840 e. The number of rotatable bonds is 2. The first-order valence-corrected chi connectivity index (χ1v) is 12.2. The summed E-state index contributed by atoms with van der Waals surface area (Å²) in [6.07, 6.45) is 13.2. The zero-order valence-electron chi connectivity index (χ0n) is 23.0. The van der Waals surface area contributed by atoms with Crippen molar-refractivity contribution in [1.29, 1.82) is 0 Å². The summed E-state index contributed by atoms with van der Waals surface area (Å²) in [5.74, 6) is 0.805. The predicted octanol–water partition coefficient (Wildman–Crippen LogP) is 6.58. The van der Waals surface area contributed by atoms with Gasteiger partial charge in [-0.3, -0.25) is 4.98 Å². The Hall–Kier alpha value is -3.04. The summed E-state index contributed by atoms with van der Waals surface area (Å²) in [6.45, 7) is 0. The Labute approximate surface area is 230 Å². The molecule has 7 rings (SSSR count). The van der Waals surface area contributed by atoms with Crippen LogP contribution in [0, 0.1) is 12.5 Å². The molecule has 1 radical (unpaired) electrons. The van der Waals surface area contributed by atoms with Crippen molar-refractivity contribution in [2.75, 3.05) is 0 Å². The van der Waals surface area contributed by atoms with Crippen LogP contribution in [0.25, 0.3) is 33.5 Å². The van der Waals surface area contributed by atoms with E-state index in [0.29, 0.717) is 0 Å². The molecule has 1 saturated carbocycles. The Balaban J connectivity index is 0.000000137. The van der Waals surface area contributed by atoms with E-state index in [1.807, 2.05) is 35.7 Å². The van der Waals surface area contributed by atoms with Gasteiger partial charge in [0.25, 0.3) is 0 Å². The fraction of sp³-hybridized carbons (Fsp3) is 0.129. The van der Waals surface area contributed by atoms with Crippen LogP contribution in [0.15, 0.2) is 97.4 Å². The first kappa shape index (κ1) is 20.2. The number of aromatic nitrogens is 2. The fourth-order valence-electron chi connectivity index (χ4n) is 3.76. The third-order valence-corrected chi connectivity index (χ3v) is 6.75. The van der Waals surface area contributed by atoms with Gasteiger partial charge in [0.05, 0.1) is 5.48 Å². The molecule has 5 aromatic rings. The quantitative estimate of drug-likeness (QED) is 0.201. The van der Waals surface area contributed by atoms with E-state index in [4.69, 9.17) is 5.48 Å². The van der Waals surface area contributed by atoms with Crippen molar-refractivity contribution in [3.63, 3.8) is 0 Å². The summed E-state index contributed by atoms with van der Waals surface area (Å²) in [4.78, 5) is 7.72. The normalized spacial score (nSPS) is 14.7. The third kappa shape index (κ3) is 6.76. The van der Waals surface area contributed by atoms with E-state index < -0.39 is 0 Å². The number of thiophene rings is 1. The van der Waals surface area contributed by atoms with Gasteiger partial charge in [-0.05, 0) is 35.3 Å². The van der Waals surface area contributed by atoms with Crippen LogP contribution in [0.3, 0.4) is 0 Å².